The highest BCUT2D eigenvalue weighted by molar-refractivity contribution is 5.94. The first-order chi connectivity index (χ1) is 13.2. The number of carbonyl (C=O) groups is 1. The van der Waals surface area contributed by atoms with Gasteiger partial charge >= 0.3 is 0 Å². The lowest BCUT2D eigenvalue weighted by atomic mass is 9.96. The summed E-state index contributed by atoms with van der Waals surface area (Å²) in [7, 11) is 2.18. The van der Waals surface area contributed by atoms with E-state index in [9.17, 15) is 4.79 Å². The maximum absolute atomic E-state index is 12.5. The van der Waals surface area contributed by atoms with Gasteiger partial charge in [-0.15, -0.1) is 0 Å². The summed E-state index contributed by atoms with van der Waals surface area (Å²) in [5.41, 5.74) is 4.86. The molecular formula is C23H29N3O. The third-order valence-corrected chi connectivity index (χ3v) is 5.91. The van der Waals surface area contributed by atoms with E-state index in [0.29, 0.717) is 6.54 Å². The molecule has 0 saturated carbocycles. The molecule has 0 spiro atoms. The van der Waals surface area contributed by atoms with Gasteiger partial charge < -0.3 is 10.2 Å². The van der Waals surface area contributed by atoms with Crippen LogP contribution in [0.3, 0.4) is 0 Å². The van der Waals surface area contributed by atoms with E-state index >= 15 is 0 Å². The summed E-state index contributed by atoms with van der Waals surface area (Å²) < 4.78 is 0. The molecule has 2 aromatic rings. The number of nitrogens with one attached hydrogen (secondary N) is 1. The molecule has 4 heteroatoms. The van der Waals surface area contributed by atoms with Crippen LogP contribution in [0.4, 0.5) is 5.69 Å². The van der Waals surface area contributed by atoms with Gasteiger partial charge in [0.25, 0.3) is 5.91 Å². The predicted molar refractivity (Wildman–Crippen MR) is 110 cm³/mol. The number of aryl methyl sites for hydroxylation is 1. The molecule has 0 radical (unpaired) electrons. The van der Waals surface area contributed by atoms with Crippen molar-refractivity contribution >= 4 is 11.6 Å². The van der Waals surface area contributed by atoms with Gasteiger partial charge in [0.15, 0.2) is 0 Å². The van der Waals surface area contributed by atoms with Crippen molar-refractivity contribution in [3.05, 3.63) is 65.2 Å². The molecule has 2 heterocycles. The van der Waals surface area contributed by atoms with E-state index < -0.39 is 0 Å². The summed E-state index contributed by atoms with van der Waals surface area (Å²) >= 11 is 0. The van der Waals surface area contributed by atoms with Gasteiger partial charge in [0.1, 0.15) is 0 Å². The highest BCUT2D eigenvalue weighted by Crippen LogP contribution is 2.31. The third-order valence-electron chi connectivity index (χ3n) is 5.91. The number of rotatable bonds is 5. The Morgan fingerprint density at radius 3 is 2.59 bits per heavy atom. The van der Waals surface area contributed by atoms with E-state index in [1.54, 1.807) is 0 Å². The van der Waals surface area contributed by atoms with E-state index in [-0.39, 0.29) is 11.9 Å². The molecule has 2 aromatic carbocycles. The molecule has 0 aromatic heterocycles. The lowest BCUT2D eigenvalue weighted by Gasteiger charge is -2.32. The second-order valence-electron chi connectivity index (χ2n) is 7.75. The van der Waals surface area contributed by atoms with Crippen LogP contribution in [0, 0.1) is 0 Å². The fourth-order valence-electron chi connectivity index (χ4n) is 4.40. The molecule has 1 saturated heterocycles. The van der Waals surface area contributed by atoms with Crippen molar-refractivity contribution in [2.45, 2.75) is 31.7 Å². The first-order valence-electron chi connectivity index (χ1n) is 10.1. The van der Waals surface area contributed by atoms with Crippen molar-refractivity contribution in [1.82, 2.24) is 10.2 Å². The van der Waals surface area contributed by atoms with Crippen LogP contribution in [0.2, 0.25) is 0 Å². The largest absolute Gasteiger partial charge is 0.374 e. The topological polar surface area (TPSA) is 35.6 Å². The van der Waals surface area contributed by atoms with Gasteiger partial charge in [-0.3, -0.25) is 9.69 Å². The van der Waals surface area contributed by atoms with Crippen molar-refractivity contribution in [3.8, 4) is 0 Å². The van der Waals surface area contributed by atoms with Crippen LogP contribution >= 0.6 is 0 Å². The first-order valence-corrected chi connectivity index (χ1v) is 10.1. The lowest BCUT2D eigenvalue weighted by Crippen LogP contribution is -2.37. The smallest absolute Gasteiger partial charge is 0.251 e. The van der Waals surface area contributed by atoms with Crippen LogP contribution in [0.25, 0.3) is 0 Å². The molecule has 4 nitrogen and oxygen atoms in total. The fourth-order valence-corrected chi connectivity index (χ4v) is 4.40. The minimum absolute atomic E-state index is 0.0116. The predicted octanol–water partition coefficient (Wildman–Crippen LogP) is 3.64. The Morgan fingerprint density at radius 2 is 1.81 bits per heavy atom. The maximum atomic E-state index is 12.5. The molecule has 2 aliphatic rings. The number of fused-ring (bicyclic) bond motifs is 1. The monoisotopic (exact) mass is 363 g/mol. The summed E-state index contributed by atoms with van der Waals surface area (Å²) in [6.45, 7) is 4.02. The number of hydrogen-bond acceptors (Lipinski definition) is 3. The van der Waals surface area contributed by atoms with Gasteiger partial charge in [-0.1, -0.05) is 30.3 Å². The van der Waals surface area contributed by atoms with Gasteiger partial charge in [-0.2, -0.15) is 0 Å². The molecule has 142 valence electrons. The Balaban J connectivity index is 1.53. The van der Waals surface area contributed by atoms with E-state index in [2.05, 4.69) is 40.4 Å². The minimum atomic E-state index is 0.0116. The van der Waals surface area contributed by atoms with Crippen LogP contribution in [-0.2, 0) is 6.42 Å². The van der Waals surface area contributed by atoms with Crippen molar-refractivity contribution in [2.75, 3.05) is 38.1 Å². The second kappa shape index (κ2) is 8.13. The van der Waals surface area contributed by atoms with Crippen molar-refractivity contribution < 1.29 is 4.79 Å². The third kappa shape index (κ3) is 4.01. The van der Waals surface area contributed by atoms with Gasteiger partial charge in [-0.25, -0.2) is 0 Å². The fraction of sp³-hybridized carbons (Fsp3) is 0.435. The molecule has 0 unspecified atom stereocenters. The number of carbonyl (C=O) groups excluding carboxylic acids is 1. The molecule has 27 heavy (non-hydrogen) atoms. The van der Waals surface area contributed by atoms with Crippen LogP contribution < -0.4 is 10.2 Å². The highest BCUT2D eigenvalue weighted by Gasteiger charge is 2.25. The number of nitrogens with zero attached hydrogens (tertiary/aromatic N) is 2. The average Bonchev–Trinajstić information content (AvgIpc) is 3.23. The molecule has 0 aliphatic carbocycles. The van der Waals surface area contributed by atoms with E-state index in [1.165, 1.54) is 36.1 Å². The van der Waals surface area contributed by atoms with Crippen LogP contribution in [0.1, 0.15) is 46.8 Å². The Morgan fingerprint density at radius 1 is 1.04 bits per heavy atom. The molecule has 0 bridgehead atoms. The summed E-state index contributed by atoms with van der Waals surface area (Å²) in [4.78, 5) is 17.4. The zero-order valence-electron chi connectivity index (χ0n) is 16.2. The van der Waals surface area contributed by atoms with Crippen molar-refractivity contribution in [2.24, 2.45) is 0 Å². The first kappa shape index (κ1) is 18.1. The average molecular weight is 364 g/mol. The Bertz CT molecular complexity index is 783. The molecular weight excluding hydrogens is 334 g/mol. The minimum Gasteiger partial charge on any atom is -0.374 e. The molecule has 1 fully saturated rings. The highest BCUT2D eigenvalue weighted by atomic mass is 16.1. The van der Waals surface area contributed by atoms with Crippen LogP contribution in [0.5, 0.6) is 0 Å². The maximum Gasteiger partial charge on any atom is 0.251 e. The normalized spacial score (nSPS) is 18.2. The zero-order chi connectivity index (χ0) is 18.6. The van der Waals surface area contributed by atoms with Gasteiger partial charge in [0.05, 0.1) is 6.04 Å². The molecule has 1 amide bonds. The van der Waals surface area contributed by atoms with Crippen molar-refractivity contribution in [1.29, 1.82) is 0 Å². The van der Waals surface area contributed by atoms with Gasteiger partial charge in [0.2, 0.25) is 0 Å². The SMILES string of the molecule is CN1CCCc2cc([C@@H](CNC(=O)c3ccccc3)N3CCCC3)ccc21. The van der Waals surface area contributed by atoms with E-state index in [0.717, 1.165) is 31.6 Å². The standard InChI is InChI=1S/C23H29N3O/c1-25-13-7-10-19-16-20(11-12-21(19)25)22(26-14-5-6-15-26)17-24-23(27)18-8-3-2-4-9-18/h2-4,8-9,11-12,16,22H,5-7,10,13-15,17H2,1H3,(H,24,27)/t22-/m1/s1. The summed E-state index contributed by atoms with van der Waals surface area (Å²) in [6.07, 6.45) is 4.86. The molecule has 2 aliphatic heterocycles. The lowest BCUT2D eigenvalue weighted by molar-refractivity contribution is 0.0938. The quantitative estimate of drug-likeness (QED) is 0.881. The van der Waals surface area contributed by atoms with Crippen LogP contribution in [0.15, 0.2) is 48.5 Å². The van der Waals surface area contributed by atoms with Gasteiger partial charge in [0, 0.05) is 31.4 Å². The zero-order valence-corrected chi connectivity index (χ0v) is 16.2. The molecule has 1 N–H and O–H groups in total. The van der Waals surface area contributed by atoms with Gasteiger partial charge in [-0.05, 0) is 68.1 Å². The Labute approximate surface area is 162 Å². The Hall–Kier alpha value is -2.33. The summed E-state index contributed by atoms with van der Waals surface area (Å²) in [5, 5.41) is 3.17. The second-order valence-corrected chi connectivity index (χ2v) is 7.75. The summed E-state index contributed by atoms with van der Waals surface area (Å²) in [6, 6.07) is 16.7. The number of hydrogen-bond donors (Lipinski definition) is 1. The van der Waals surface area contributed by atoms with Crippen LogP contribution in [-0.4, -0.2) is 44.0 Å². The molecule has 4 rings (SSSR count). The van der Waals surface area contributed by atoms with E-state index in [1.807, 2.05) is 30.3 Å². The number of benzene rings is 2. The van der Waals surface area contributed by atoms with Crippen molar-refractivity contribution in [3.63, 3.8) is 0 Å². The Kier molecular flexibility index (Phi) is 5.44. The van der Waals surface area contributed by atoms with E-state index in [4.69, 9.17) is 0 Å². The number of likely N-dealkylation sites (tertiary alicyclic amines) is 1. The number of anilines is 1. The molecule has 1 atom stereocenters. The number of amides is 1. The summed E-state index contributed by atoms with van der Waals surface area (Å²) in [5.74, 6) is 0.0116.